The Morgan fingerprint density at radius 1 is 1.50 bits per heavy atom. The first kappa shape index (κ1) is 14.2. The number of aromatic nitrogens is 1. The molecular weight excluding hydrogens is 226 g/mol. The average Bonchev–Trinajstić information content (AvgIpc) is 2.42. The third kappa shape index (κ3) is 3.07. The lowest BCUT2D eigenvalue weighted by molar-refractivity contribution is -0.135. The summed E-state index contributed by atoms with van der Waals surface area (Å²) in [5.74, 6) is 0.0120. The van der Waals surface area contributed by atoms with Gasteiger partial charge in [-0.2, -0.15) is 5.26 Å². The summed E-state index contributed by atoms with van der Waals surface area (Å²) in [4.78, 5) is 17.7. The highest BCUT2D eigenvalue weighted by atomic mass is 16.2. The first-order chi connectivity index (χ1) is 8.65. The Morgan fingerprint density at radius 3 is 2.61 bits per heavy atom. The van der Waals surface area contributed by atoms with E-state index in [0.29, 0.717) is 0 Å². The van der Waals surface area contributed by atoms with E-state index in [1.807, 2.05) is 19.9 Å². The largest absolute Gasteiger partial charge is 0.325 e. The molecule has 0 saturated heterocycles. The number of hydrogen-bond donors (Lipinski definition) is 0. The molecule has 96 valence electrons. The van der Waals surface area contributed by atoms with E-state index in [1.54, 1.807) is 25.5 Å². The molecular formula is C14H19N3O. The topological polar surface area (TPSA) is 57.0 Å². The Kier molecular flexibility index (Phi) is 5.31. The van der Waals surface area contributed by atoms with Crippen molar-refractivity contribution in [1.82, 2.24) is 9.88 Å². The van der Waals surface area contributed by atoms with Crippen LogP contribution < -0.4 is 0 Å². The van der Waals surface area contributed by atoms with Crippen molar-refractivity contribution in [3.05, 3.63) is 30.1 Å². The molecule has 4 heteroatoms. The number of carbonyl (C=O) groups is 1. The fourth-order valence-corrected chi connectivity index (χ4v) is 1.98. The molecule has 1 atom stereocenters. The molecule has 0 radical (unpaired) electrons. The molecule has 0 spiro atoms. The van der Waals surface area contributed by atoms with Gasteiger partial charge < -0.3 is 4.90 Å². The molecule has 0 fully saturated rings. The molecule has 1 aromatic heterocycles. The van der Waals surface area contributed by atoms with E-state index in [1.165, 1.54) is 4.90 Å². The van der Waals surface area contributed by atoms with Gasteiger partial charge in [-0.15, -0.1) is 0 Å². The smallest absolute Gasteiger partial charge is 0.226 e. The van der Waals surface area contributed by atoms with Gasteiger partial charge in [0.2, 0.25) is 5.91 Å². The lowest BCUT2D eigenvalue weighted by Gasteiger charge is -2.26. The molecule has 1 rings (SSSR count). The van der Waals surface area contributed by atoms with Crippen LogP contribution in [0.15, 0.2) is 24.5 Å². The Bertz CT molecular complexity index is 420. The maximum absolute atomic E-state index is 12.2. The fourth-order valence-electron chi connectivity index (χ4n) is 1.98. The van der Waals surface area contributed by atoms with Crippen molar-refractivity contribution in [2.24, 2.45) is 5.92 Å². The van der Waals surface area contributed by atoms with Crippen molar-refractivity contribution in [3.63, 3.8) is 0 Å². The zero-order chi connectivity index (χ0) is 13.5. The Hall–Kier alpha value is -1.89. The van der Waals surface area contributed by atoms with Gasteiger partial charge in [0.15, 0.2) is 0 Å². The normalized spacial score (nSPS) is 11.9. The second-order valence-corrected chi connectivity index (χ2v) is 4.28. The minimum atomic E-state index is -0.563. The van der Waals surface area contributed by atoms with E-state index in [9.17, 15) is 10.1 Å². The number of amides is 1. The molecule has 1 heterocycles. The molecule has 0 N–H and O–H groups in total. The Balaban J connectivity index is 2.90. The van der Waals surface area contributed by atoms with Crippen molar-refractivity contribution in [2.75, 3.05) is 7.05 Å². The Labute approximate surface area is 108 Å². The van der Waals surface area contributed by atoms with Gasteiger partial charge in [0.1, 0.15) is 6.04 Å². The molecule has 1 unspecified atom stereocenters. The fraction of sp³-hybridized carbons (Fsp3) is 0.500. The van der Waals surface area contributed by atoms with Gasteiger partial charge in [-0.05, 0) is 18.9 Å². The third-order valence-electron chi connectivity index (χ3n) is 3.19. The number of rotatable bonds is 5. The number of carbonyl (C=O) groups excluding carboxylic acids is 1. The first-order valence-corrected chi connectivity index (χ1v) is 6.21. The average molecular weight is 245 g/mol. The maximum Gasteiger partial charge on any atom is 0.226 e. The van der Waals surface area contributed by atoms with Crippen LogP contribution in [-0.4, -0.2) is 22.8 Å². The van der Waals surface area contributed by atoms with E-state index in [-0.39, 0.29) is 11.8 Å². The molecule has 0 aliphatic carbocycles. The third-order valence-corrected chi connectivity index (χ3v) is 3.19. The van der Waals surface area contributed by atoms with Gasteiger partial charge in [-0.1, -0.05) is 19.9 Å². The van der Waals surface area contributed by atoms with Crippen LogP contribution in [0.25, 0.3) is 0 Å². The van der Waals surface area contributed by atoms with Crippen molar-refractivity contribution in [3.8, 4) is 6.07 Å². The number of pyridine rings is 1. The summed E-state index contributed by atoms with van der Waals surface area (Å²) in [5, 5.41) is 9.25. The van der Waals surface area contributed by atoms with Crippen LogP contribution in [0.5, 0.6) is 0 Å². The molecule has 0 aliphatic heterocycles. The minimum absolute atomic E-state index is 0.0116. The van der Waals surface area contributed by atoms with Gasteiger partial charge in [-0.25, -0.2) is 0 Å². The molecule has 18 heavy (non-hydrogen) atoms. The van der Waals surface area contributed by atoms with Gasteiger partial charge in [0.05, 0.1) is 6.07 Å². The number of hydrogen-bond acceptors (Lipinski definition) is 3. The summed E-state index contributed by atoms with van der Waals surface area (Å²) in [7, 11) is 1.68. The highest BCUT2D eigenvalue weighted by Gasteiger charge is 2.25. The summed E-state index contributed by atoms with van der Waals surface area (Å²) in [6, 6.07) is 5.19. The van der Waals surface area contributed by atoms with Crippen molar-refractivity contribution in [2.45, 2.75) is 32.7 Å². The molecule has 0 bridgehead atoms. The highest BCUT2D eigenvalue weighted by molar-refractivity contribution is 5.79. The van der Waals surface area contributed by atoms with Crippen LogP contribution in [0.1, 0.15) is 38.3 Å². The molecule has 1 aromatic rings. The Morgan fingerprint density at radius 2 is 2.17 bits per heavy atom. The van der Waals surface area contributed by atoms with Gasteiger partial charge in [0.25, 0.3) is 0 Å². The monoisotopic (exact) mass is 245 g/mol. The van der Waals surface area contributed by atoms with E-state index in [0.717, 1.165) is 18.4 Å². The van der Waals surface area contributed by atoms with Crippen LogP contribution in [0.2, 0.25) is 0 Å². The molecule has 0 saturated carbocycles. The summed E-state index contributed by atoms with van der Waals surface area (Å²) >= 11 is 0. The predicted octanol–water partition coefficient (Wildman–Crippen LogP) is 2.54. The van der Waals surface area contributed by atoms with Crippen LogP contribution in [0.3, 0.4) is 0 Å². The van der Waals surface area contributed by atoms with Crippen LogP contribution in [-0.2, 0) is 4.79 Å². The molecule has 1 amide bonds. The quantitative estimate of drug-likeness (QED) is 0.801. The van der Waals surface area contributed by atoms with E-state index in [4.69, 9.17) is 0 Å². The summed E-state index contributed by atoms with van der Waals surface area (Å²) in [6.45, 7) is 3.98. The van der Waals surface area contributed by atoms with Crippen LogP contribution >= 0.6 is 0 Å². The zero-order valence-electron chi connectivity index (χ0n) is 11.1. The van der Waals surface area contributed by atoms with Gasteiger partial charge in [-0.3, -0.25) is 9.78 Å². The second kappa shape index (κ2) is 6.75. The first-order valence-electron chi connectivity index (χ1n) is 6.21. The van der Waals surface area contributed by atoms with Crippen molar-refractivity contribution < 1.29 is 4.79 Å². The van der Waals surface area contributed by atoms with E-state index in [2.05, 4.69) is 11.1 Å². The summed E-state index contributed by atoms with van der Waals surface area (Å²) in [6.07, 6.45) is 4.88. The SMILES string of the molecule is CCC(CC)C(=O)N(C)C(C#N)c1cccnc1. The molecule has 0 aliphatic rings. The highest BCUT2D eigenvalue weighted by Crippen LogP contribution is 2.21. The van der Waals surface area contributed by atoms with Gasteiger partial charge >= 0.3 is 0 Å². The second-order valence-electron chi connectivity index (χ2n) is 4.28. The summed E-state index contributed by atoms with van der Waals surface area (Å²) < 4.78 is 0. The lowest BCUT2D eigenvalue weighted by atomic mass is 10.00. The van der Waals surface area contributed by atoms with Crippen molar-refractivity contribution in [1.29, 1.82) is 5.26 Å². The summed E-state index contributed by atoms with van der Waals surface area (Å²) in [5.41, 5.74) is 0.752. The van der Waals surface area contributed by atoms with Crippen molar-refractivity contribution >= 4 is 5.91 Å². The maximum atomic E-state index is 12.2. The minimum Gasteiger partial charge on any atom is -0.325 e. The molecule has 0 aromatic carbocycles. The van der Waals surface area contributed by atoms with E-state index >= 15 is 0 Å². The van der Waals surface area contributed by atoms with Crippen LogP contribution in [0.4, 0.5) is 0 Å². The molecule has 4 nitrogen and oxygen atoms in total. The van der Waals surface area contributed by atoms with Gasteiger partial charge in [0, 0.05) is 30.9 Å². The van der Waals surface area contributed by atoms with Crippen LogP contribution in [0, 0.1) is 17.2 Å². The standard InChI is InChI=1S/C14H19N3O/c1-4-11(5-2)14(18)17(3)13(9-15)12-7-6-8-16-10-12/h6-8,10-11,13H,4-5H2,1-3H3. The number of nitrogens with zero attached hydrogens (tertiary/aromatic N) is 3. The zero-order valence-corrected chi connectivity index (χ0v) is 11.1. The predicted molar refractivity (Wildman–Crippen MR) is 69.4 cm³/mol. The lowest BCUT2D eigenvalue weighted by Crippen LogP contribution is -2.35. The number of nitriles is 1. The van der Waals surface area contributed by atoms with E-state index < -0.39 is 6.04 Å².